The van der Waals surface area contributed by atoms with Gasteiger partial charge >= 0.3 is 6.18 Å². The number of hydrogen-bond donors (Lipinski definition) is 1. The van der Waals surface area contributed by atoms with Gasteiger partial charge in [-0.2, -0.15) is 18.3 Å². The average Bonchev–Trinajstić information content (AvgIpc) is 2.77. The van der Waals surface area contributed by atoms with Crippen molar-refractivity contribution in [1.82, 2.24) is 9.78 Å². The molecule has 0 aliphatic rings. The van der Waals surface area contributed by atoms with Crippen LogP contribution in [0.5, 0.6) is 0 Å². The van der Waals surface area contributed by atoms with Gasteiger partial charge in [0.15, 0.2) is 5.69 Å². The molecule has 3 nitrogen and oxygen atoms in total. The van der Waals surface area contributed by atoms with Gasteiger partial charge in [-0.1, -0.05) is 12.1 Å². The fraction of sp³-hybridized carbons (Fsp3) is 0.250. The lowest BCUT2D eigenvalue weighted by Gasteiger charge is -2.12. The molecule has 0 aliphatic carbocycles. The smallest absolute Gasteiger partial charge is 0.389 e. The molecule has 0 radical (unpaired) electrons. The molecule has 19 heavy (non-hydrogen) atoms. The van der Waals surface area contributed by atoms with Crippen molar-refractivity contribution in [2.45, 2.75) is 19.2 Å². The first-order valence-corrected chi connectivity index (χ1v) is 5.40. The summed E-state index contributed by atoms with van der Waals surface area (Å²) in [5.41, 5.74) is -1.14. The summed E-state index contributed by atoms with van der Waals surface area (Å²) in [4.78, 5) is 0. The average molecular weight is 274 g/mol. The monoisotopic (exact) mass is 274 g/mol. The van der Waals surface area contributed by atoms with Crippen molar-refractivity contribution in [3.63, 3.8) is 0 Å². The molecule has 2 aromatic rings. The minimum Gasteiger partial charge on any atom is -0.389 e. The lowest BCUT2D eigenvalue weighted by atomic mass is 10.1. The number of aliphatic hydroxyl groups is 1. The van der Waals surface area contributed by atoms with Crippen LogP contribution in [0.15, 0.2) is 30.5 Å². The zero-order valence-electron chi connectivity index (χ0n) is 9.82. The van der Waals surface area contributed by atoms with Crippen LogP contribution < -0.4 is 0 Å². The summed E-state index contributed by atoms with van der Waals surface area (Å²) in [5.74, 6) is -0.754. The zero-order chi connectivity index (χ0) is 14.2. The number of nitrogens with zero attached hydrogens (tertiary/aromatic N) is 2. The first-order valence-electron chi connectivity index (χ1n) is 5.40. The predicted octanol–water partition coefficient (Wildman–Crippen LogP) is 3.08. The third-order valence-corrected chi connectivity index (χ3v) is 2.58. The van der Waals surface area contributed by atoms with E-state index in [1.165, 1.54) is 19.1 Å². The minimum atomic E-state index is -4.60. The Labute approximate surface area is 106 Å². The SMILES string of the molecule is CC(O)c1cccc(F)c1-n1ccc(C(F)(F)F)n1. The largest absolute Gasteiger partial charge is 0.435 e. The number of aromatic nitrogens is 2. The van der Waals surface area contributed by atoms with Crippen LogP contribution in [-0.4, -0.2) is 14.9 Å². The molecule has 1 unspecified atom stereocenters. The van der Waals surface area contributed by atoms with Crippen molar-refractivity contribution in [2.24, 2.45) is 0 Å². The van der Waals surface area contributed by atoms with Crippen LogP contribution in [-0.2, 0) is 6.18 Å². The summed E-state index contributed by atoms with van der Waals surface area (Å²) in [6, 6.07) is 4.64. The summed E-state index contributed by atoms with van der Waals surface area (Å²) < 4.78 is 51.9. The standard InChI is InChI=1S/C12H10F4N2O/c1-7(19)8-3-2-4-9(13)11(8)18-6-5-10(17-18)12(14,15)16/h2-7,19H,1H3. The molecule has 0 bridgehead atoms. The Hall–Kier alpha value is -1.89. The number of alkyl halides is 3. The van der Waals surface area contributed by atoms with Crippen molar-refractivity contribution in [1.29, 1.82) is 0 Å². The number of para-hydroxylation sites is 1. The molecular formula is C12H10F4N2O. The summed E-state index contributed by atoms with van der Waals surface area (Å²) in [6.45, 7) is 1.40. The Bertz CT molecular complexity index is 590. The van der Waals surface area contributed by atoms with Crippen LogP contribution in [0, 0.1) is 5.82 Å². The third-order valence-electron chi connectivity index (χ3n) is 2.58. The topological polar surface area (TPSA) is 38.0 Å². The second-order valence-electron chi connectivity index (χ2n) is 4.00. The van der Waals surface area contributed by atoms with Crippen LogP contribution >= 0.6 is 0 Å². The van der Waals surface area contributed by atoms with Gasteiger partial charge in [-0.15, -0.1) is 0 Å². The zero-order valence-corrected chi connectivity index (χ0v) is 9.82. The molecule has 0 spiro atoms. The van der Waals surface area contributed by atoms with Crippen molar-refractivity contribution in [3.05, 3.63) is 47.5 Å². The normalized spacial score (nSPS) is 13.6. The molecule has 0 fully saturated rings. The third kappa shape index (κ3) is 2.60. The molecule has 1 aromatic carbocycles. The van der Waals surface area contributed by atoms with E-state index in [0.29, 0.717) is 0 Å². The van der Waals surface area contributed by atoms with Crippen molar-refractivity contribution in [2.75, 3.05) is 0 Å². The minimum absolute atomic E-state index is 0.164. The van der Waals surface area contributed by atoms with Crippen LogP contribution in [0.2, 0.25) is 0 Å². The fourth-order valence-electron chi connectivity index (χ4n) is 1.71. The van der Waals surface area contributed by atoms with Crippen LogP contribution in [0.3, 0.4) is 0 Å². The van der Waals surface area contributed by atoms with Crippen LogP contribution in [0.25, 0.3) is 5.69 Å². The molecule has 102 valence electrons. The lowest BCUT2D eigenvalue weighted by molar-refractivity contribution is -0.141. The maximum absolute atomic E-state index is 13.7. The maximum Gasteiger partial charge on any atom is 0.435 e. The highest BCUT2D eigenvalue weighted by atomic mass is 19.4. The van der Waals surface area contributed by atoms with E-state index < -0.39 is 23.8 Å². The highest BCUT2D eigenvalue weighted by Gasteiger charge is 2.34. The number of aliphatic hydroxyl groups excluding tert-OH is 1. The van der Waals surface area contributed by atoms with Crippen molar-refractivity contribution >= 4 is 0 Å². The van der Waals surface area contributed by atoms with Gasteiger partial charge in [0.25, 0.3) is 0 Å². The van der Waals surface area contributed by atoms with Gasteiger partial charge in [0.2, 0.25) is 0 Å². The Morgan fingerprint density at radius 1 is 1.26 bits per heavy atom. The van der Waals surface area contributed by atoms with Crippen molar-refractivity contribution in [3.8, 4) is 5.69 Å². The molecule has 2 rings (SSSR count). The van der Waals surface area contributed by atoms with Gasteiger partial charge in [0.05, 0.1) is 6.10 Å². The molecule has 1 atom stereocenters. The first-order chi connectivity index (χ1) is 8.80. The Balaban J connectivity index is 2.56. The van der Waals surface area contributed by atoms with Gasteiger partial charge in [-0.25, -0.2) is 9.07 Å². The lowest BCUT2D eigenvalue weighted by Crippen LogP contribution is -2.10. The summed E-state index contributed by atoms with van der Waals surface area (Å²) in [5, 5.41) is 12.8. The van der Waals surface area contributed by atoms with Gasteiger partial charge in [0.1, 0.15) is 11.5 Å². The van der Waals surface area contributed by atoms with E-state index in [2.05, 4.69) is 5.10 Å². The Morgan fingerprint density at radius 3 is 2.47 bits per heavy atom. The summed E-state index contributed by atoms with van der Waals surface area (Å²) in [6.07, 6.45) is -4.61. The molecule has 7 heteroatoms. The molecule has 0 amide bonds. The molecule has 0 aliphatic heterocycles. The van der Waals surface area contributed by atoms with Crippen molar-refractivity contribution < 1.29 is 22.7 Å². The summed E-state index contributed by atoms with van der Waals surface area (Å²) in [7, 11) is 0. The van der Waals surface area contributed by atoms with E-state index in [1.807, 2.05) is 0 Å². The van der Waals surface area contributed by atoms with E-state index in [0.717, 1.165) is 23.0 Å². The molecule has 0 saturated heterocycles. The van der Waals surface area contributed by atoms with Gasteiger partial charge < -0.3 is 5.11 Å². The fourth-order valence-corrected chi connectivity index (χ4v) is 1.71. The highest BCUT2D eigenvalue weighted by molar-refractivity contribution is 5.43. The molecule has 1 aromatic heterocycles. The van der Waals surface area contributed by atoms with Crippen LogP contribution in [0.4, 0.5) is 17.6 Å². The predicted molar refractivity (Wildman–Crippen MR) is 59.2 cm³/mol. The molecule has 1 heterocycles. The Kier molecular flexibility index (Phi) is 3.32. The number of halogens is 4. The highest BCUT2D eigenvalue weighted by Crippen LogP contribution is 2.29. The van der Waals surface area contributed by atoms with Gasteiger partial charge in [-0.05, 0) is 19.1 Å². The van der Waals surface area contributed by atoms with Gasteiger partial charge in [0, 0.05) is 11.8 Å². The quantitative estimate of drug-likeness (QED) is 0.855. The Morgan fingerprint density at radius 2 is 1.95 bits per heavy atom. The number of rotatable bonds is 2. The van der Waals surface area contributed by atoms with Gasteiger partial charge in [-0.3, -0.25) is 0 Å². The number of hydrogen-bond acceptors (Lipinski definition) is 2. The van der Waals surface area contributed by atoms with E-state index >= 15 is 0 Å². The molecule has 1 N–H and O–H groups in total. The van der Waals surface area contributed by atoms with Crippen LogP contribution in [0.1, 0.15) is 24.3 Å². The van der Waals surface area contributed by atoms with E-state index in [4.69, 9.17) is 0 Å². The maximum atomic E-state index is 13.7. The molecular weight excluding hydrogens is 264 g/mol. The number of benzene rings is 1. The van der Waals surface area contributed by atoms with E-state index in [1.54, 1.807) is 0 Å². The molecule has 0 saturated carbocycles. The van der Waals surface area contributed by atoms with E-state index in [-0.39, 0.29) is 11.3 Å². The van der Waals surface area contributed by atoms with E-state index in [9.17, 15) is 22.7 Å². The second kappa shape index (κ2) is 4.65. The second-order valence-corrected chi connectivity index (χ2v) is 4.00. The summed E-state index contributed by atoms with van der Waals surface area (Å²) >= 11 is 0. The first kappa shape index (κ1) is 13.5.